The molecule has 3 rings (SSSR count). The second-order valence-corrected chi connectivity index (χ2v) is 6.11. The van der Waals surface area contributed by atoms with E-state index in [1.165, 1.54) is 25.6 Å². The van der Waals surface area contributed by atoms with Gasteiger partial charge in [0.25, 0.3) is 0 Å². The van der Waals surface area contributed by atoms with Crippen molar-refractivity contribution in [3.05, 3.63) is 52.0 Å². The van der Waals surface area contributed by atoms with E-state index in [4.69, 9.17) is 33.0 Å². The number of anilines is 2. The molecule has 0 aliphatic carbocycles. The number of rotatable bonds is 5. The molecule has 0 atom stereocenters. The van der Waals surface area contributed by atoms with Crippen LogP contribution in [-0.4, -0.2) is 28.2 Å². The van der Waals surface area contributed by atoms with E-state index >= 15 is 0 Å². The lowest BCUT2D eigenvalue weighted by molar-refractivity contribution is -0.136. The second kappa shape index (κ2) is 7.31. The van der Waals surface area contributed by atoms with Gasteiger partial charge in [0.1, 0.15) is 17.9 Å². The fraction of sp³-hybridized carbons (Fsp3) is 0.118. The minimum absolute atomic E-state index is 0.0787. The number of fused-ring (bicyclic) bond motifs is 1. The molecule has 26 heavy (non-hydrogen) atoms. The number of carboxylic acid groups (broad SMARTS) is 1. The van der Waals surface area contributed by atoms with Crippen molar-refractivity contribution >= 4 is 51.6 Å². The average molecular weight is 396 g/mol. The lowest BCUT2D eigenvalue weighted by Crippen LogP contribution is -2.04. The smallest absolute Gasteiger partial charge is 0.307 e. The van der Waals surface area contributed by atoms with Crippen molar-refractivity contribution in [2.24, 2.45) is 0 Å². The molecule has 3 aromatic rings. The van der Waals surface area contributed by atoms with Gasteiger partial charge < -0.3 is 15.2 Å². The summed E-state index contributed by atoms with van der Waals surface area (Å²) in [5.74, 6) is -1.04. The van der Waals surface area contributed by atoms with Crippen molar-refractivity contribution in [1.82, 2.24) is 9.97 Å². The monoisotopic (exact) mass is 395 g/mol. The summed E-state index contributed by atoms with van der Waals surface area (Å²) < 4.78 is 19.5. The maximum atomic E-state index is 14.3. The van der Waals surface area contributed by atoms with Crippen LogP contribution >= 0.6 is 23.2 Å². The van der Waals surface area contributed by atoms with E-state index in [0.717, 1.165) is 0 Å². The topological polar surface area (TPSA) is 84.3 Å². The Morgan fingerprint density at radius 2 is 2.08 bits per heavy atom. The molecule has 0 saturated heterocycles. The third-order valence-corrected chi connectivity index (χ3v) is 4.45. The zero-order valence-electron chi connectivity index (χ0n) is 13.4. The third-order valence-electron chi connectivity index (χ3n) is 3.67. The van der Waals surface area contributed by atoms with Crippen LogP contribution in [0.3, 0.4) is 0 Å². The molecule has 1 aromatic heterocycles. The fourth-order valence-electron chi connectivity index (χ4n) is 2.47. The SMILES string of the molecule is COc1cc2ncnc(Nc3ccc(Cl)c(Cl)c3F)c2cc1CC(=O)O. The van der Waals surface area contributed by atoms with Crippen LogP contribution in [0.15, 0.2) is 30.6 Å². The highest BCUT2D eigenvalue weighted by atomic mass is 35.5. The number of ether oxygens (including phenoxy) is 1. The number of methoxy groups -OCH3 is 1. The van der Waals surface area contributed by atoms with Crippen molar-refractivity contribution in [3.8, 4) is 5.75 Å². The van der Waals surface area contributed by atoms with Crippen LogP contribution in [0.4, 0.5) is 15.9 Å². The minimum atomic E-state index is -1.01. The van der Waals surface area contributed by atoms with Crippen molar-refractivity contribution < 1.29 is 19.0 Å². The standard InChI is InChI=1S/C17H12Cl2FN3O3/c1-26-13-6-12-9(4-8(13)5-14(24)25)17(22-7-21-12)23-11-3-2-10(18)15(19)16(11)20/h2-4,6-7H,5H2,1H3,(H,24,25)(H,21,22,23). The van der Waals surface area contributed by atoms with E-state index in [1.807, 2.05) is 0 Å². The lowest BCUT2D eigenvalue weighted by Gasteiger charge is -2.13. The maximum absolute atomic E-state index is 14.3. The van der Waals surface area contributed by atoms with Crippen LogP contribution in [-0.2, 0) is 11.2 Å². The summed E-state index contributed by atoms with van der Waals surface area (Å²) in [5.41, 5.74) is 1.03. The van der Waals surface area contributed by atoms with E-state index in [9.17, 15) is 9.18 Å². The third kappa shape index (κ3) is 3.49. The predicted molar refractivity (Wildman–Crippen MR) is 97.1 cm³/mol. The van der Waals surface area contributed by atoms with Crippen molar-refractivity contribution in [3.63, 3.8) is 0 Å². The van der Waals surface area contributed by atoms with Gasteiger partial charge in [0.05, 0.1) is 34.8 Å². The van der Waals surface area contributed by atoms with Crippen LogP contribution in [0.2, 0.25) is 10.0 Å². The van der Waals surface area contributed by atoms with Crippen LogP contribution < -0.4 is 10.1 Å². The second-order valence-electron chi connectivity index (χ2n) is 5.32. The largest absolute Gasteiger partial charge is 0.496 e. The van der Waals surface area contributed by atoms with E-state index in [0.29, 0.717) is 28.0 Å². The average Bonchev–Trinajstić information content (AvgIpc) is 2.61. The van der Waals surface area contributed by atoms with Crippen LogP contribution in [0.5, 0.6) is 5.75 Å². The van der Waals surface area contributed by atoms with E-state index in [2.05, 4.69) is 15.3 Å². The molecule has 0 amide bonds. The number of nitrogens with one attached hydrogen (secondary N) is 1. The minimum Gasteiger partial charge on any atom is -0.496 e. The number of aromatic nitrogens is 2. The summed E-state index contributed by atoms with van der Waals surface area (Å²) in [6.07, 6.45) is 1.06. The molecule has 0 spiro atoms. The van der Waals surface area contributed by atoms with Crippen molar-refractivity contribution in [2.45, 2.75) is 6.42 Å². The Labute approximate surface area is 157 Å². The Morgan fingerprint density at radius 1 is 1.31 bits per heavy atom. The summed E-state index contributed by atoms with van der Waals surface area (Å²) in [6, 6.07) is 6.09. The highest BCUT2D eigenvalue weighted by Crippen LogP contribution is 2.34. The molecule has 0 fully saturated rings. The Hall–Kier alpha value is -2.64. The number of hydrogen-bond donors (Lipinski definition) is 2. The van der Waals surface area contributed by atoms with Crippen molar-refractivity contribution in [1.29, 1.82) is 0 Å². The molecule has 0 unspecified atom stereocenters. The summed E-state index contributed by atoms with van der Waals surface area (Å²) in [4.78, 5) is 19.3. The highest BCUT2D eigenvalue weighted by molar-refractivity contribution is 6.42. The summed E-state index contributed by atoms with van der Waals surface area (Å²) in [7, 11) is 1.44. The van der Waals surface area contributed by atoms with Gasteiger partial charge in [-0.2, -0.15) is 0 Å². The van der Waals surface area contributed by atoms with Gasteiger partial charge >= 0.3 is 5.97 Å². The molecule has 0 radical (unpaired) electrons. The number of benzene rings is 2. The number of carbonyl (C=O) groups is 1. The number of aliphatic carboxylic acids is 1. The number of nitrogens with zero attached hydrogens (tertiary/aromatic N) is 2. The summed E-state index contributed by atoms with van der Waals surface area (Å²) in [5, 5.41) is 12.3. The molecule has 0 aliphatic heterocycles. The van der Waals surface area contributed by atoms with E-state index in [1.54, 1.807) is 12.1 Å². The van der Waals surface area contributed by atoms with Gasteiger partial charge in [-0.05, 0) is 18.2 Å². The molecule has 0 aliphatic rings. The molecular formula is C17H12Cl2FN3O3. The molecule has 0 saturated carbocycles. The Morgan fingerprint density at radius 3 is 2.77 bits per heavy atom. The zero-order valence-corrected chi connectivity index (χ0v) is 14.9. The van der Waals surface area contributed by atoms with Gasteiger partial charge in [-0.3, -0.25) is 4.79 Å². The van der Waals surface area contributed by atoms with Crippen LogP contribution in [0.1, 0.15) is 5.56 Å². The van der Waals surface area contributed by atoms with Crippen molar-refractivity contribution in [2.75, 3.05) is 12.4 Å². The van der Waals surface area contributed by atoms with Crippen LogP contribution in [0.25, 0.3) is 10.9 Å². The summed E-state index contributed by atoms with van der Waals surface area (Å²) in [6.45, 7) is 0. The van der Waals surface area contributed by atoms with Gasteiger partial charge in [-0.1, -0.05) is 23.2 Å². The quantitative estimate of drug-likeness (QED) is 0.620. The van der Waals surface area contributed by atoms with E-state index in [-0.39, 0.29) is 22.2 Å². The Bertz CT molecular complexity index is 1010. The highest BCUT2D eigenvalue weighted by Gasteiger charge is 2.15. The number of halogens is 3. The van der Waals surface area contributed by atoms with E-state index < -0.39 is 11.8 Å². The molecular weight excluding hydrogens is 384 g/mol. The van der Waals surface area contributed by atoms with Gasteiger partial charge in [0, 0.05) is 17.0 Å². The van der Waals surface area contributed by atoms with Gasteiger partial charge in [0.15, 0.2) is 5.82 Å². The first-order valence-electron chi connectivity index (χ1n) is 7.34. The van der Waals surface area contributed by atoms with Gasteiger partial charge in [0.2, 0.25) is 0 Å². The normalized spacial score (nSPS) is 10.8. The first-order chi connectivity index (χ1) is 12.4. The van der Waals surface area contributed by atoms with Crippen LogP contribution in [0, 0.1) is 5.82 Å². The molecule has 0 bridgehead atoms. The molecule has 134 valence electrons. The zero-order chi connectivity index (χ0) is 18.8. The first kappa shape index (κ1) is 18.2. The molecule has 9 heteroatoms. The Balaban J connectivity index is 2.11. The molecule has 1 heterocycles. The predicted octanol–water partition coefficient (Wildman–Crippen LogP) is 4.46. The summed E-state index contributed by atoms with van der Waals surface area (Å²) >= 11 is 11.6. The van der Waals surface area contributed by atoms with Gasteiger partial charge in [-0.25, -0.2) is 14.4 Å². The lowest BCUT2D eigenvalue weighted by atomic mass is 10.1. The molecule has 2 aromatic carbocycles. The Kier molecular flexibility index (Phi) is 5.11. The maximum Gasteiger partial charge on any atom is 0.307 e. The number of hydrogen-bond acceptors (Lipinski definition) is 5. The molecule has 6 nitrogen and oxygen atoms in total. The number of carboxylic acids is 1. The fourth-order valence-corrected chi connectivity index (χ4v) is 2.78. The first-order valence-corrected chi connectivity index (χ1v) is 8.10. The molecule has 2 N–H and O–H groups in total. The van der Waals surface area contributed by atoms with Gasteiger partial charge in [-0.15, -0.1) is 0 Å².